The second-order valence-electron chi connectivity index (χ2n) is 4.49. The van der Waals surface area contributed by atoms with Gasteiger partial charge in [-0.2, -0.15) is 13.2 Å². The number of amides is 1. The Labute approximate surface area is 129 Å². The summed E-state index contributed by atoms with van der Waals surface area (Å²) in [6.07, 6.45) is -2.76. The molecule has 116 valence electrons. The number of halogens is 3. The Morgan fingerprint density at radius 2 is 1.86 bits per heavy atom. The van der Waals surface area contributed by atoms with Crippen molar-refractivity contribution < 1.29 is 18.0 Å². The molecule has 1 aromatic carbocycles. The Bertz CT molecular complexity index is 629. The topological polar surface area (TPSA) is 42.0 Å². The molecule has 22 heavy (non-hydrogen) atoms. The number of carbonyl (C=O) groups is 1. The van der Waals surface area contributed by atoms with Crippen LogP contribution in [0.4, 0.5) is 18.9 Å². The summed E-state index contributed by atoms with van der Waals surface area (Å²) in [7, 11) is 0. The molecular formula is C15H13F3N2OS. The van der Waals surface area contributed by atoms with Crippen LogP contribution in [0.25, 0.3) is 0 Å². The Balaban J connectivity index is 1.96. The summed E-state index contributed by atoms with van der Waals surface area (Å²) in [5.74, 6) is -0.296. The summed E-state index contributed by atoms with van der Waals surface area (Å²) in [5.41, 5.74) is -0.423. The van der Waals surface area contributed by atoms with Gasteiger partial charge in [0.1, 0.15) is 0 Å². The number of hydrogen-bond acceptors (Lipinski definition) is 3. The fourth-order valence-corrected chi connectivity index (χ4v) is 2.44. The van der Waals surface area contributed by atoms with Crippen LogP contribution in [-0.2, 0) is 11.0 Å². The van der Waals surface area contributed by atoms with Crippen LogP contribution in [0.15, 0.2) is 53.7 Å². The Morgan fingerprint density at radius 1 is 1.18 bits per heavy atom. The molecule has 1 heterocycles. The van der Waals surface area contributed by atoms with Crippen LogP contribution in [0.3, 0.4) is 0 Å². The highest BCUT2D eigenvalue weighted by atomic mass is 32.2. The summed E-state index contributed by atoms with van der Waals surface area (Å²) in [4.78, 5) is 16.1. The van der Waals surface area contributed by atoms with Gasteiger partial charge in [0.25, 0.3) is 0 Å². The lowest BCUT2D eigenvalue weighted by Gasteiger charge is -2.12. The van der Waals surface area contributed by atoms with Crippen LogP contribution in [0, 0.1) is 0 Å². The lowest BCUT2D eigenvalue weighted by Crippen LogP contribution is -2.22. The number of rotatable bonds is 4. The van der Waals surface area contributed by atoms with E-state index in [1.807, 2.05) is 6.07 Å². The van der Waals surface area contributed by atoms with Gasteiger partial charge in [-0.3, -0.25) is 4.79 Å². The number of aromatic nitrogens is 1. The molecule has 0 saturated heterocycles. The number of anilines is 1. The van der Waals surface area contributed by atoms with Crippen molar-refractivity contribution in [3.63, 3.8) is 0 Å². The number of nitrogens with one attached hydrogen (secondary N) is 1. The van der Waals surface area contributed by atoms with E-state index in [9.17, 15) is 18.0 Å². The smallest absolute Gasteiger partial charge is 0.325 e. The summed E-state index contributed by atoms with van der Waals surface area (Å²) >= 11 is 1.28. The molecule has 2 aromatic rings. The van der Waals surface area contributed by atoms with Crippen molar-refractivity contribution in [3.05, 3.63) is 54.2 Å². The first-order valence-corrected chi connectivity index (χ1v) is 7.30. The molecule has 0 aliphatic rings. The molecule has 0 unspecified atom stereocenters. The quantitative estimate of drug-likeness (QED) is 0.856. The first-order chi connectivity index (χ1) is 10.4. The molecule has 0 spiro atoms. The van der Waals surface area contributed by atoms with Gasteiger partial charge in [0.15, 0.2) is 0 Å². The van der Waals surface area contributed by atoms with Crippen LogP contribution < -0.4 is 5.32 Å². The van der Waals surface area contributed by atoms with Gasteiger partial charge in [0.05, 0.1) is 15.8 Å². The van der Waals surface area contributed by atoms with Crippen molar-refractivity contribution >= 4 is 23.4 Å². The number of alkyl halides is 3. The third-order valence-electron chi connectivity index (χ3n) is 2.78. The number of pyridine rings is 1. The minimum absolute atomic E-state index is 0.296. The van der Waals surface area contributed by atoms with Crippen LogP contribution >= 0.6 is 11.8 Å². The zero-order chi connectivity index (χ0) is 16.2. The van der Waals surface area contributed by atoms with E-state index in [2.05, 4.69) is 10.3 Å². The van der Waals surface area contributed by atoms with Gasteiger partial charge in [-0.1, -0.05) is 17.8 Å². The second-order valence-corrected chi connectivity index (χ2v) is 5.85. The Morgan fingerprint density at radius 3 is 2.41 bits per heavy atom. The molecule has 2 rings (SSSR count). The number of nitrogens with zero attached hydrogens (tertiary/aromatic N) is 1. The van der Waals surface area contributed by atoms with Crippen LogP contribution in [0.1, 0.15) is 12.5 Å². The third kappa shape index (κ3) is 4.49. The predicted octanol–water partition coefficient (Wildman–Crippen LogP) is 4.22. The maximum atomic E-state index is 12.5. The predicted molar refractivity (Wildman–Crippen MR) is 79.6 cm³/mol. The SMILES string of the molecule is C[C@@H](Sc1ccccn1)C(=O)Nc1ccc(C(F)(F)F)cc1. The lowest BCUT2D eigenvalue weighted by atomic mass is 10.2. The van der Waals surface area contributed by atoms with Gasteiger partial charge in [-0.25, -0.2) is 4.98 Å². The minimum atomic E-state index is -4.38. The number of carbonyl (C=O) groups excluding carboxylic acids is 1. The standard InChI is InChI=1S/C15H13F3N2OS/c1-10(22-13-4-2-3-9-19-13)14(21)20-12-7-5-11(6-8-12)15(16,17)18/h2-10H,1H3,(H,20,21)/t10-/m1/s1. The van der Waals surface area contributed by atoms with E-state index >= 15 is 0 Å². The maximum absolute atomic E-state index is 12.5. The van der Waals surface area contributed by atoms with Crippen molar-refractivity contribution in [2.75, 3.05) is 5.32 Å². The summed E-state index contributed by atoms with van der Waals surface area (Å²) in [6, 6.07) is 9.72. The normalized spacial score (nSPS) is 12.7. The third-order valence-corrected chi connectivity index (χ3v) is 3.83. The molecule has 3 nitrogen and oxygen atoms in total. The molecule has 7 heteroatoms. The zero-order valence-corrected chi connectivity index (χ0v) is 12.4. The average molecular weight is 326 g/mol. The van der Waals surface area contributed by atoms with Crippen molar-refractivity contribution in [1.29, 1.82) is 0 Å². The Kier molecular flexibility index (Phi) is 5.07. The van der Waals surface area contributed by atoms with Crippen LogP contribution in [0.2, 0.25) is 0 Å². The Hall–Kier alpha value is -2.02. The number of benzene rings is 1. The van der Waals surface area contributed by atoms with Gasteiger partial charge >= 0.3 is 6.18 Å². The van der Waals surface area contributed by atoms with E-state index in [0.29, 0.717) is 10.7 Å². The van der Waals surface area contributed by atoms with E-state index in [4.69, 9.17) is 0 Å². The molecule has 0 saturated carbocycles. The van der Waals surface area contributed by atoms with Gasteiger partial charge < -0.3 is 5.32 Å². The lowest BCUT2D eigenvalue weighted by molar-refractivity contribution is -0.137. The highest BCUT2D eigenvalue weighted by Crippen LogP contribution is 2.30. The molecule has 0 aliphatic heterocycles. The van der Waals surface area contributed by atoms with Crippen molar-refractivity contribution in [2.24, 2.45) is 0 Å². The first kappa shape index (κ1) is 16.4. The fourth-order valence-electron chi connectivity index (χ4n) is 1.64. The molecule has 1 atom stereocenters. The summed E-state index contributed by atoms with van der Waals surface area (Å²) in [6.45, 7) is 1.71. The summed E-state index contributed by atoms with van der Waals surface area (Å²) < 4.78 is 37.4. The molecule has 0 fully saturated rings. The highest BCUT2D eigenvalue weighted by Gasteiger charge is 2.30. The molecular weight excluding hydrogens is 313 g/mol. The van der Waals surface area contributed by atoms with Gasteiger partial charge in [0.2, 0.25) is 5.91 Å². The second kappa shape index (κ2) is 6.83. The van der Waals surface area contributed by atoms with E-state index in [-0.39, 0.29) is 5.91 Å². The summed E-state index contributed by atoms with van der Waals surface area (Å²) in [5, 5.41) is 2.87. The van der Waals surface area contributed by atoms with E-state index in [0.717, 1.165) is 12.1 Å². The number of hydrogen-bond donors (Lipinski definition) is 1. The van der Waals surface area contributed by atoms with Crippen molar-refractivity contribution in [1.82, 2.24) is 4.98 Å². The fraction of sp³-hybridized carbons (Fsp3) is 0.200. The molecule has 1 aromatic heterocycles. The molecule has 1 amide bonds. The largest absolute Gasteiger partial charge is 0.416 e. The van der Waals surface area contributed by atoms with Gasteiger partial charge in [0, 0.05) is 11.9 Å². The van der Waals surface area contributed by atoms with Crippen LogP contribution in [0.5, 0.6) is 0 Å². The van der Waals surface area contributed by atoms with Gasteiger partial charge in [-0.05, 0) is 43.3 Å². The van der Waals surface area contributed by atoms with E-state index in [1.54, 1.807) is 25.3 Å². The van der Waals surface area contributed by atoms with Crippen molar-refractivity contribution in [2.45, 2.75) is 23.4 Å². The number of thioether (sulfide) groups is 1. The zero-order valence-electron chi connectivity index (χ0n) is 11.6. The van der Waals surface area contributed by atoms with E-state index < -0.39 is 17.0 Å². The highest BCUT2D eigenvalue weighted by molar-refractivity contribution is 8.00. The molecule has 1 N–H and O–H groups in total. The molecule has 0 aliphatic carbocycles. The first-order valence-electron chi connectivity index (χ1n) is 6.42. The van der Waals surface area contributed by atoms with E-state index in [1.165, 1.54) is 23.9 Å². The molecule has 0 radical (unpaired) electrons. The molecule has 0 bridgehead atoms. The minimum Gasteiger partial charge on any atom is -0.325 e. The monoisotopic (exact) mass is 326 g/mol. The van der Waals surface area contributed by atoms with Crippen LogP contribution in [-0.4, -0.2) is 16.1 Å². The van der Waals surface area contributed by atoms with Crippen molar-refractivity contribution in [3.8, 4) is 0 Å². The maximum Gasteiger partial charge on any atom is 0.416 e. The van der Waals surface area contributed by atoms with Gasteiger partial charge in [-0.15, -0.1) is 0 Å². The average Bonchev–Trinajstić information content (AvgIpc) is 2.48.